The van der Waals surface area contributed by atoms with Crippen LogP contribution in [-0.4, -0.2) is 36.0 Å². The SMILES string of the molecule is Cc1ccc(C2CN(C)CC2[N+](=O)[O-])c(Cl)c1. The summed E-state index contributed by atoms with van der Waals surface area (Å²) in [6, 6.07) is 5.18. The minimum Gasteiger partial charge on any atom is -0.299 e. The summed E-state index contributed by atoms with van der Waals surface area (Å²) in [5, 5.41) is 11.7. The third-order valence-electron chi connectivity index (χ3n) is 3.30. The molecule has 0 amide bonds. The number of halogens is 1. The predicted octanol–water partition coefficient (Wildman–Crippen LogP) is 2.32. The van der Waals surface area contributed by atoms with Crippen molar-refractivity contribution in [2.75, 3.05) is 20.1 Å². The van der Waals surface area contributed by atoms with Crippen molar-refractivity contribution in [2.24, 2.45) is 0 Å². The van der Waals surface area contributed by atoms with E-state index in [9.17, 15) is 10.1 Å². The first-order valence-electron chi connectivity index (χ1n) is 5.57. The average molecular weight is 255 g/mol. The van der Waals surface area contributed by atoms with Gasteiger partial charge in [-0.25, -0.2) is 0 Å². The molecule has 5 heteroatoms. The summed E-state index contributed by atoms with van der Waals surface area (Å²) in [5.74, 6) is -0.108. The summed E-state index contributed by atoms with van der Waals surface area (Å²) in [6.07, 6.45) is 0. The molecule has 0 aliphatic carbocycles. The molecule has 2 rings (SSSR count). The van der Waals surface area contributed by atoms with E-state index in [-0.39, 0.29) is 10.8 Å². The second-order valence-corrected chi connectivity index (χ2v) is 5.11. The molecule has 0 saturated carbocycles. The molecular weight excluding hydrogens is 240 g/mol. The molecule has 17 heavy (non-hydrogen) atoms. The number of nitro groups is 1. The van der Waals surface area contributed by atoms with Gasteiger partial charge in [-0.3, -0.25) is 15.0 Å². The van der Waals surface area contributed by atoms with Crippen LogP contribution in [0, 0.1) is 17.0 Å². The van der Waals surface area contributed by atoms with Gasteiger partial charge in [0.1, 0.15) is 0 Å². The summed E-state index contributed by atoms with van der Waals surface area (Å²) in [7, 11) is 1.90. The number of benzene rings is 1. The second-order valence-electron chi connectivity index (χ2n) is 4.71. The molecule has 1 aromatic carbocycles. The summed E-state index contributed by atoms with van der Waals surface area (Å²) in [4.78, 5) is 12.8. The van der Waals surface area contributed by atoms with Gasteiger partial charge in [-0.1, -0.05) is 23.7 Å². The van der Waals surface area contributed by atoms with E-state index in [2.05, 4.69) is 0 Å². The maximum Gasteiger partial charge on any atom is 0.233 e. The Morgan fingerprint density at radius 2 is 2.18 bits per heavy atom. The number of likely N-dealkylation sites (N-methyl/N-ethyl adjacent to an activating group) is 1. The Labute approximate surface area is 105 Å². The highest BCUT2D eigenvalue weighted by Crippen LogP contribution is 2.33. The van der Waals surface area contributed by atoms with Crippen LogP contribution in [0.1, 0.15) is 17.0 Å². The quantitative estimate of drug-likeness (QED) is 0.601. The maximum absolute atomic E-state index is 11.0. The molecule has 92 valence electrons. The molecule has 4 nitrogen and oxygen atoms in total. The highest BCUT2D eigenvalue weighted by Gasteiger charge is 2.41. The zero-order chi connectivity index (χ0) is 12.6. The third-order valence-corrected chi connectivity index (χ3v) is 3.63. The molecule has 2 unspecified atom stereocenters. The highest BCUT2D eigenvalue weighted by atomic mass is 35.5. The first-order valence-corrected chi connectivity index (χ1v) is 5.95. The van der Waals surface area contributed by atoms with Gasteiger partial charge in [0.05, 0.1) is 12.5 Å². The van der Waals surface area contributed by atoms with Gasteiger partial charge in [-0.15, -0.1) is 0 Å². The van der Waals surface area contributed by atoms with Crippen molar-refractivity contribution >= 4 is 11.6 Å². The number of hydrogen-bond acceptors (Lipinski definition) is 3. The summed E-state index contributed by atoms with van der Waals surface area (Å²) < 4.78 is 0. The zero-order valence-corrected chi connectivity index (χ0v) is 10.6. The molecule has 2 atom stereocenters. The average Bonchev–Trinajstić information content (AvgIpc) is 2.60. The fourth-order valence-corrected chi connectivity index (χ4v) is 2.81. The Morgan fingerprint density at radius 1 is 1.47 bits per heavy atom. The largest absolute Gasteiger partial charge is 0.299 e. The lowest BCUT2D eigenvalue weighted by molar-refractivity contribution is -0.521. The summed E-state index contributed by atoms with van der Waals surface area (Å²) >= 11 is 6.19. The van der Waals surface area contributed by atoms with Crippen LogP contribution in [0.25, 0.3) is 0 Å². The lowest BCUT2D eigenvalue weighted by atomic mass is 9.94. The molecule has 1 saturated heterocycles. The lowest BCUT2D eigenvalue weighted by Gasteiger charge is -2.14. The van der Waals surface area contributed by atoms with Crippen LogP contribution in [0.4, 0.5) is 0 Å². The summed E-state index contributed by atoms with van der Waals surface area (Å²) in [5.41, 5.74) is 1.96. The number of likely N-dealkylation sites (tertiary alicyclic amines) is 1. The monoisotopic (exact) mass is 254 g/mol. The van der Waals surface area contributed by atoms with Gasteiger partial charge in [0.15, 0.2) is 0 Å². The first-order chi connectivity index (χ1) is 7.99. The van der Waals surface area contributed by atoms with Crippen molar-refractivity contribution in [1.29, 1.82) is 0 Å². The van der Waals surface area contributed by atoms with Crippen molar-refractivity contribution < 1.29 is 4.92 Å². The van der Waals surface area contributed by atoms with Crippen molar-refractivity contribution in [3.05, 3.63) is 44.5 Å². The van der Waals surface area contributed by atoms with Crippen LogP contribution in [0.15, 0.2) is 18.2 Å². The van der Waals surface area contributed by atoms with Gasteiger partial charge in [0, 0.05) is 16.5 Å². The van der Waals surface area contributed by atoms with Crippen LogP contribution < -0.4 is 0 Å². The van der Waals surface area contributed by atoms with Crippen molar-refractivity contribution in [2.45, 2.75) is 18.9 Å². The van der Waals surface area contributed by atoms with Crippen molar-refractivity contribution in [3.8, 4) is 0 Å². The van der Waals surface area contributed by atoms with Crippen LogP contribution in [0.5, 0.6) is 0 Å². The van der Waals surface area contributed by atoms with Crippen LogP contribution >= 0.6 is 11.6 Å². The zero-order valence-electron chi connectivity index (χ0n) is 9.89. The molecule has 0 radical (unpaired) electrons. The van der Waals surface area contributed by atoms with E-state index in [1.165, 1.54) is 0 Å². The maximum atomic E-state index is 11.0. The lowest BCUT2D eigenvalue weighted by Crippen LogP contribution is -2.27. The van der Waals surface area contributed by atoms with Crippen molar-refractivity contribution in [3.63, 3.8) is 0 Å². The molecule has 1 fully saturated rings. The van der Waals surface area contributed by atoms with Crippen molar-refractivity contribution in [1.82, 2.24) is 4.90 Å². The Hall–Kier alpha value is -1.13. The van der Waals surface area contributed by atoms with Gasteiger partial charge in [0.25, 0.3) is 0 Å². The standard InChI is InChI=1S/C12H15ClN2O2/c1-8-3-4-9(11(13)5-8)10-6-14(2)7-12(10)15(16)17/h3-5,10,12H,6-7H2,1-2H3. The van der Waals surface area contributed by atoms with Gasteiger partial charge in [-0.05, 0) is 31.2 Å². The Kier molecular flexibility index (Phi) is 3.35. The molecule has 0 N–H and O–H groups in total. The smallest absolute Gasteiger partial charge is 0.233 e. The summed E-state index contributed by atoms with van der Waals surface area (Å²) in [6.45, 7) is 3.14. The Bertz CT molecular complexity index is 450. The van der Waals surface area contributed by atoms with Crippen LogP contribution in [0.3, 0.4) is 0 Å². The highest BCUT2D eigenvalue weighted by molar-refractivity contribution is 6.31. The minimum atomic E-state index is -0.555. The van der Waals surface area contributed by atoms with Gasteiger partial charge in [-0.2, -0.15) is 0 Å². The van der Waals surface area contributed by atoms with E-state index in [0.717, 1.165) is 11.1 Å². The van der Waals surface area contributed by atoms with E-state index in [0.29, 0.717) is 18.1 Å². The fraction of sp³-hybridized carbons (Fsp3) is 0.500. The Balaban J connectivity index is 2.34. The molecule has 1 aliphatic rings. The topological polar surface area (TPSA) is 46.4 Å². The first kappa shape index (κ1) is 12.3. The number of rotatable bonds is 2. The molecule has 0 bridgehead atoms. The van der Waals surface area contributed by atoms with Crippen LogP contribution in [0.2, 0.25) is 5.02 Å². The molecule has 1 aromatic rings. The fourth-order valence-electron chi connectivity index (χ4n) is 2.43. The Morgan fingerprint density at radius 3 is 2.76 bits per heavy atom. The van der Waals surface area contributed by atoms with Gasteiger partial charge < -0.3 is 0 Å². The molecule has 1 aliphatic heterocycles. The minimum absolute atomic E-state index is 0.108. The van der Waals surface area contributed by atoms with E-state index < -0.39 is 6.04 Å². The number of aryl methyl sites for hydroxylation is 1. The van der Waals surface area contributed by atoms with E-state index in [1.807, 2.05) is 37.1 Å². The molecule has 0 aromatic heterocycles. The normalized spacial score (nSPS) is 25.1. The van der Waals surface area contributed by atoms with Gasteiger partial charge >= 0.3 is 0 Å². The van der Waals surface area contributed by atoms with E-state index in [1.54, 1.807) is 0 Å². The number of hydrogen-bond donors (Lipinski definition) is 0. The van der Waals surface area contributed by atoms with Crippen LogP contribution in [-0.2, 0) is 0 Å². The van der Waals surface area contributed by atoms with E-state index in [4.69, 9.17) is 11.6 Å². The predicted molar refractivity (Wildman–Crippen MR) is 67.2 cm³/mol. The third kappa shape index (κ3) is 2.42. The molecular formula is C12H15ClN2O2. The second kappa shape index (κ2) is 4.63. The number of nitrogens with zero attached hydrogens (tertiary/aromatic N) is 2. The molecule has 0 spiro atoms. The van der Waals surface area contributed by atoms with Gasteiger partial charge in [0.2, 0.25) is 6.04 Å². The van der Waals surface area contributed by atoms with E-state index >= 15 is 0 Å². The molecule has 1 heterocycles.